The molecule has 2 heteroatoms. The van der Waals surface area contributed by atoms with Gasteiger partial charge in [0, 0.05) is 11.1 Å². The van der Waals surface area contributed by atoms with Crippen LogP contribution in [0.5, 0.6) is 5.75 Å². The molecule has 0 unspecified atom stereocenters. The van der Waals surface area contributed by atoms with Gasteiger partial charge in [-0.1, -0.05) is 73.6 Å². The molecule has 4 aromatic carbocycles. The number of fused-ring (bicyclic) bond motifs is 2. The molecule has 31 heavy (non-hydrogen) atoms. The highest BCUT2D eigenvalue weighted by atomic mass is 16.7. The Morgan fingerprint density at radius 2 is 1.26 bits per heavy atom. The summed E-state index contributed by atoms with van der Waals surface area (Å²) in [7, 11) is 0. The fraction of sp³-hybridized carbons (Fsp3) is 0.241. The standard InChI is InChI=1S/C29H26O2/c1-2-8-28(9-3-1)30-21-31-29-17-16-26-19-23(13-15-27(26)20-29)11-10-22-12-14-24-6-4-5-7-25(24)18-22/h4-7,12-20,28H,1-3,8-9,21H2. The van der Waals surface area contributed by atoms with Crippen molar-refractivity contribution in [3.63, 3.8) is 0 Å². The van der Waals surface area contributed by atoms with Gasteiger partial charge in [-0.05, 0) is 70.8 Å². The van der Waals surface area contributed by atoms with E-state index < -0.39 is 0 Å². The molecule has 0 radical (unpaired) electrons. The van der Waals surface area contributed by atoms with Gasteiger partial charge in [-0.2, -0.15) is 0 Å². The van der Waals surface area contributed by atoms with Crippen LogP contribution in [0.15, 0.2) is 78.9 Å². The molecule has 0 spiro atoms. The first kappa shape index (κ1) is 19.7. The molecule has 5 rings (SSSR count). The molecule has 0 bridgehead atoms. The number of rotatable bonds is 4. The summed E-state index contributed by atoms with van der Waals surface area (Å²) in [4.78, 5) is 0. The Labute approximate surface area is 183 Å². The summed E-state index contributed by atoms with van der Waals surface area (Å²) in [6.45, 7) is 0.325. The highest BCUT2D eigenvalue weighted by Gasteiger charge is 2.13. The van der Waals surface area contributed by atoms with Crippen molar-refractivity contribution in [2.75, 3.05) is 6.79 Å². The van der Waals surface area contributed by atoms with Crippen LogP contribution < -0.4 is 4.74 Å². The second-order valence-corrected chi connectivity index (χ2v) is 8.22. The second kappa shape index (κ2) is 9.25. The summed E-state index contributed by atoms with van der Waals surface area (Å²) in [6, 6.07) is 27.2. The van der Waals surface area contributed by atoms with Gasteiger partial charge in [0.1, 0.15) is 5.75 Å². The van der Waals surface area contributed by atoms with Crippen molar-refractivity contribution in [3.05, 3.63) is 90.0 Å². The molecular weight excluding hydrogens is 380 g/mol. The quantitative estimate of drug-likeness (QED) is 0.266. The lowest BCUT2D eigenvalue weighted by Crippen LogP contribution is -2.19. The van der Waals surface area contributed by atoms with Crippen LogP contribution in [0.4, 0.5) is 0 Å². The van der Waals surface area contributed by atoms with Crippen molar-refractivity contribution in [1.82, 2.24) is 0 Å². The maximum atomic E-state index is 5.88. The van der Waals surface area contributed by atoms with E-state index in [1.165, 1.54) is 30.0 Å². The fourth-order valence-electron chi connectivity index (χ4n) is 4.23. The maximum Gasteiger partial charge on any atom is 0.189 e. The van der Waals surface area contributed by atoms with Crippen LogP contribution in [-0.2, 0) is 4.74 Å². The second-order valence-electron chi connectivity index (χ2n) is 8.22. The Kier molecular flexibility index (Phi) is 5.87. The van der Waals surface area contributed by atoms with Gasteiger partial charge in [0.2, 0.25) is 0 Å². The molecular formula is C29H26O2. The molecule has 4 aromatic rings. The molecule has 1 fully saturated rings. The largest absolute Gasteiger partial charge is 0.468 e. The van der Waals surface area contributed by atoms with Crippen LogP contribution >= 0.6 is 0 Å². The molecule has 1 aliphatic rings. The summed E-state index contributed by atoms with van der Waals surface area (Å²) in [5.74, 6) is 7.44. The van der Waals surface area contributed by atoms with Crippen molar-refractivity contribution in [2.45, 2.75) is 38.2 Å². The third kappa shape index (κ3) is 4.90. The summed E-state index contributed by atoms with van der Waals surface area (Å²) < 4.78 is 11.7. The zero-order chi connectivity index (χ0) is 20.9. The van der Waals surface area contributed by atoms with Gasteiger partial charge in [-0.3, -0.25) is 0 Å². The lowest BCUT2D eigenvalue weighted by Gasteiger charge is -2.21. The third-order valence-corrected chi connectivity index (χ3v) is 5.99. The minimum absolute atomic E-state index is 0.325. The van der Waals surface area contributed by atoms with E-state index in [0.717, 1.165) is 40.5 Å². The smallest absolute Gasteiger partial charge is 0.189 e. The Bertz CT molecular complexity index is 1260. The summed E-state index contributed by atoms with van der Waals surface area (Å²) in [5.41, 5.74) is 2.04. The van der Waals surface area contributed by atoms with E-state index in [4.69, 9.17) is 9.47 Å². The normalized spacial score (nSPS) is 14.3. The molecule has 2 nitrogen and oxygen atoms in total. The lowest BCUT2D eigenvalue weighted by atomic mass is 9.98. The Morgan fingerprint density at radius 1 is 0.645 bits per heavy atom. The van der Waals surface area contributed by atoms with Crippen LogP contribution in [0.1, 0.15) is 43.2 Å². The van der Waals surface area contributed by atoms with Gasteiger partial charge < -0.3 is 9.47 Å². The van der Waals surface area contributed by atoms with Crippen molar-refractivity contribution in [3.8, 4) is 17.6 Å². The first-order valence-electron chi connectivity index (χ1n) is 11.1. The highest BCUT2D eigenvalue weighted by molar-refractivity contribution is 5.86. The van der Waals surface area contributed by atoms with E-state index >= 15 is 0 Å². The Hall–Kier alpha value is -3.28. The van der Waals surface area contributed by atoms with E-state index in [9.17, 15) is 0 Å². The van der Waals surface area contributed by atoms with Gasteiger partial charge in [0.15, 0.2) is 6.79 Å². The van der Waals surface area contributed by atoms with Gasteiger partial charge in [-0.25, -0.2) is 0 Å². The Morgan fingerprint density at radius 3 is 2.03 bits per heavy atom. The minimum Gasteiger partial charge on any atom is -0.468 e. The molecule has 154 valence electrons. The lowest BCUT2D eigenvalue weighted by molar-refractivity contribution is -0.0496. The van der Waals surface area contributed by atoms with E-state index in [-0.39, 0.29) is 0 Å². The molecule has 0 amide bonds. The molecule has 0 heterocycles. The number of benzene rings is 4. The summed E-state index contributed by atoms with van der Waals surface area (Å²) >= 11 is 0. The topological polar surface area (TPSA) is 18.5 Å². The monoisotopic (exact) mass is 406 g/mol. The average molecular weight is 407 g/mol. The average Bonchev–Trinajstić information content (AvgIpc) is 2.83. The zero-order valence-electron chi connectivity index (χ0n) is 17.6. The van der Waals surface area contributed by atoms with Crippen molar-refractivity contribution in [1.29, 1.82) is 0 Å². The van der Waals surface area contributed by atoms with Crippen molar-refractivity contribution < 1.29 is 9.47 Å². The molecule has 0 aliphatic heterocycles. The summed E-state index contributed by atoms with van der Waals surface area (Å²) in [5, 5.41) is 4.76. The first-order valence-corrected chi connectivity index (χ1v) is 11.1. The SMILES string of the molecule is C(#Cc1ccc2cc(OCOC3CCCCC3)ccc2c1)c1ccc2ccccc2c1. The predicted octanol–water partition coefficient (Wildman–Crippen LogP) is 7.08. The van der Waals surface area contributed by atoms with Gasteiger partial charge in [0.25, 0.3) is 0 Å². The minimum atomic E-state index is 0.325. The van der Waals surface area contributed by atoms with Crippen LogP contribution in [-0.4, -0.2) is 12.9 Å². The van der Waals surface area contributed by atoms with Crippen LogP contribution in [0.2, 0.25) is 0 Å². The van der Waals surface area contributed by atoms with E-state index in [1.54, 1.807) is 0 Å². The van der Waals surface area contributed by atoms with E-state index in [2.05, 4.69) is 84.6 Å². The first-order chi connectivity index (χ1) is 15.3. The molecule has 1 saturated carbocycles. The summed E-state index contributed by atoms with van der Waals surface area (Å²) in [6.07, 6.45) is 6.55. The third-order valence-electron chi connectivity index (χ3n) is 5.99. The fourth-order valence-corrected chi connectivity index (χ4v) is 4.23. The molecule has 0 N–H and O–H groups in total. The molecule has 0 atom stereocenters. The van der Waals surface area contributed by atoms with E-state index in [1.807, 2.05) is 6.07 Å². The zero-order valence-corrected chi connectivity index (χ0v) is 17.6. The molecule has 1 aliphatic carbocycles. The van der Waals surface area contributed by atoms with E-state index in [0.29, 0.717) is 12.9 Å². The Balaban J connectivity index is 1.27. The van der Waals surface area contributed by atoms with Gasteiger partial charge >= 0.3 is 0 Å². The number of hydrogen-bond acceptors (Lipinski definition) is 2. The van der Waals surface area contributed by atoms with Gasteiger partial charge in [-0.15, -0.1) is 0 Å². The highest BCUT2D eigenvalue weighted by Crippen LogP contribution is 2.24. The van der Waals surface area contributed by atoms with Crippen molar-refractivity contribution >= 4 is 21.5 Å². The molecule has 0 saturated heterocycles. The van der Waals surface area contributed by atoms with Gasteiger partial charge in [0.05, 0.1) is 6.10 Å². The number of hydrogen-bond donors (Lipinski definition) is 0. The molecule has 0 aromatic heterocycles. The van der Waals surface area contributed by atoms with Crippen LogP contribution in [0.3, 0.4) is 0 Å². The maximum absolute atomic E-state index is 5.88. The predicted molar refractivity (Wildman–Crippen MR) is 127 cm³/mol. The van der Waals surface area contributed by atoms with Crippen LogP contribution in [0, 0.1) is 11.8 Å². The van der Waals surface area contributed by atoms with Crippen molar-refractivity contribution in [2.24, 2.45) is 0 Å². The number of ether oxygens (including phenoxy) is 2. The van der Waals surface area contributed by atoms with Crippen LogP contribution in [0.25, 0.3) is 21.5 Å².